The minimum atomic E-state index is -3.65. The second-order valence-electron chi connectivity index (χ2n) is 7.83. The summed E-state index contributed by atoms with van der Waals surface area (Å²) in [7, 11) is -3.65. The van der Waals surface area contributed by atoms with Crippen LogP contribution < -0.4 is 14.8 Å². The van der Waals surface area contributed by atoms with Gasteiger partial charge in [0, 0.05) is 24.8 Å². The second-order valence-corrected chi connectivity index (χ2v) is 9.76. The van der Waals surface area contributed by atoms with Gasteiger partial charge in [-0.15, -0.1) is 0 Å². The molecule has 1 fully saturated rings. The topological polar surface area (TPSA) is 97.8 Å². The molecular formula is C25H27N3O5S. The molecule has 178 valence electrons. The molecule has 0 radical (unpaired) electrons. The number of carbonyl (C=O) groups is 1. The van der Waals surface area contributed by atoms with Gasteiger partial charge < -0.3 is 14.8 Å². The van der Waals surface area contributed by atoms with Crippen LogP contribution in [0.2, 0.25) is 0 Å². The average Bonchev–Trinajstić information content (AvgIpc) is 2.86. The SMILES string of the molecule is CCOc1ccc(S(=O)(=O)N2CCCCC2)cc1NC(=O)c1ccc(Oc2cccnc2)cc1. The van der Waals surface area contributed by atoms with Crippen LogP contribution in [0.4, 0.5) is 5.69 Å². The number of benzene rings is 2. The molecule has 1 aliphatic heterocycles. The first-order valence-electron chi connectivity index (χ1n) is 11.2. The molecule has 1 amide bonds. The van der Waals surface area contributed by atoms with E-state index in [2.05, 4.69) is 10.3 Å². The van der Waals surface area contributed by atoms with Crippen molar-refractivity contribution in [2.75, 3.05) is 25.0 Å². The first-order valence-corrected chi connectivity index (χ1v) is 12.7. The highest BCUT2D eigenvalue weighted by Gasteiger charge is 2.27. The van der Waals surface area contributed by atoms with Gasteiger partial charge in [-0.1, -0.05) is 6.42 Å². The van der Waals surface area contributed by atoms with E-state index in [1.165, 1.54) is 16.4 Å². The summed E-state index contributed by atoms with van der Waals surface area (Å²) in [5.41, 5.74) is 0.700. The Morgan fingerprint density at radius 1 is 1.03 bits per heavy atom. The molecule has 1 aromatic heterocycles. The summed E-state index contributed by atoms with van der Waals surface area (Å²) in [4.78, 5) is 17.1. The lowest BCUT2D eigenvalue weighted by molar-refractivity contribution is 0.102. The van der Waals surface area contributed by atoms with Crippen molar-refractivity contribution in [3.05, 3.63) is 72.6 Å². The zero-order valence-corrected chi connectivity index (χ0v) is 19.8. The molecule has 2 aromatic carbocycles. The van der Waals surface area contributed by atoms with Crippen LogP contribution in [0.15, 0.2) is 71.9 Å². The Morgan fingerprint density at radius 3 is 2.47 bits per heavy atom. The third kappa shape index (κ3) is 5.55. The Bertz CT molecular complexity index is 1230. The van der Waals surface area contributed by atoms with Gasteiger partial charge in [-0.05, 0) is 74.4 Å². The van der Waals surface area contributed by atoms with Crippen LogP contribution >= 0.6 is 0 Å². The van der Waals surface area contributed by atoms with E-state index < -0.39 is 10.0 Å². The minimum Gasteiger partial charge on any atom is -0.492 e. The van der Waals surface area contributed by atoms with E-state index in [1.807, 2.05) is 6.92 Å². The number of sulfonamides is 1. The monoisotopic (exact) mass is 481 g/mol. The van der Waals surface area contributed by atoms with Crippen LogP contribution in [0.1, 0.15) is 36.5 Å². The molecule has 8 nitrogen and oxygen atoms in total. The minimum absolute atomic E-state index is 0.133. The number of hydrogen-bond acceptors (Lipinski definition) is 6. The molecule has 0 bridgehead atoms. The third-order valence-corrected chi connectivity index (χ3v) is 7.33. The van der Waals surface area contributed by atoms with Gasteiger partial charge in [0.05, 0.1) is 23.4 Å². The summed E-state index contributed by atoms with van der Waals surface area (Å²) < 4.78 is 39.0. The van der Waals surface area contributed by atoms with E-state index in [-0.39, 0.29) is 10.8 Å². The Hall–Kier alpha value is -3.43. The molecule has 0 atom stereocenters. The highest BCUT2D eigenvalue weighted by Crippen LogP contribution is 2.31. The van der Waals surface area contributed by atoms with Gasteiger partial charge in [-0.25, -0.2) is 8.42 Å². The van der Waals surface area contributed by atoms with Crippen molar-refractivity contribution in [2.24, 2.45) is 0 Å². The van der Waals surface area contributed by atoms with E-state index in [0.717, 1.165) is 19.3 Å². The maximum Gasteiger partial charge on any atom is 0.255 e. The van der Waals surface area contributed by atoms with Gasteiger partial charge in [-0.3, -0.25) is 9.78 Å². The van der Waals surface area contributed by atoms with Gasteiger partial charge in [0.25, 0.3) is 5.91 Å². The highest BCUT2D eigenvalue weighted by atomic mass is 32.2. The molecule has 0 saturated carbocycles. The number of anilines is 1. The highest BCUT2D eigenvalue weighted by molar-refractivity contribution is 7.89. The molecule has 1 N–H and O–H groups in total. The molecule has 1 saturated heterocycles. The molecule has 3 aromatic rings. The Kier molecular flexibility index (Phi) is 7.44. The molecule has 0 aliphatic carbocycles. The summed E-state index contributed by atoms with van der Waals surface area (Å²) in [5, 5.41) is 2.80. The number of rotatable bonds is 8. The molecule has 0 unspecified atom stereocenters. The number of hydrogen-bond donors (Lipinski definition) is 1. The van der Waals surface area contributed by atoms with Crippen LogP contribution in [-0.4, -0.2) is 43.3 Å². The van der Waals surface area contributed by atoms with Gasteiger partial charge in [0.15, 0.2) is 0 Å². The van der Waals surface area contributed by atoms with Crippen molar-refractivity contribution >= 4 is 21.6 Å². The lowest BCUT2D eigenvalue weighted by Crippen LogP contribution is -2.35. The number of piperidine rings is 1. The zero-order valence-electron chi connectivity index (χ0n) is 18.9. The van der Waals surface area contributed by atoms with Crippen molar-refractivity contribution < 1.29 is 22.7 Å². The van der Waals surface area contributed by atoms with Crippen molar-refractivity contribution in [2.45, 2.75) is 31.1 Å². The predicted octanol–water partition coefficient (Wildman–Crippen LogP) is 4.70. The maximum atomic E-state index is 13.1. The number of nitrogens with one attached hydrogen (secondary N) is 1. The summed E-state index contributed by atoms with van der Waals surface area (Å²) in [6.07, 6.45) is 5.98. The molecule has 1 aliphatic rings. The smallest absolute Gasteiger partial charge is 0.255 e. The summed E-state index contributed by atoms with van der Waals surface area (Å²) in [6.45, 7) is 3.21. The molecular weight excluding hydrogens is 454 g/mol. The quantitative estimate of drug-likeness (QED) is 0.501. The van der Waals surface area contributed by atoms with Crippen molar-refractivity contribution in [1.29, 1.82) is 0 Å². The predicted molar refractivity (Wildman–Crippen MR) is 129 cm³/mol. The molecule has 9 heteroatoms. The van der Waals surface area contributed by atoms with Crippen molar-refractivity contribution in [3.63, 3.8) is 0 Å². The number of nitrogens with zero attached hydrogens (tertiary/aromatic N) is 2. The van der Waals surface area contributed by atoms with Crippen LogP contribution in [0.3, 0.4) is 0 Å². The van der Waals surface area contributed by atoms with Crippen molar-refractivity contribution in [3.8, 4) is 17.2 Å². The molecule has 0 spiro atoms. The third-order valence-electron chi connectivity index (χ3n) is 5.44. The van der Waals surface area contributed by atoms with Crippen LogP contribution in [0.25, 0.3) is 0 Å². The van der Waals surface area contributed by atoms with Crippen LogP contribution in [0.5, 0.6) is 17.2 Å². The number of pyridine rings is 1. The van der Waals surface area contributed by atoms with E-state index in [9.17, 15) is 13.2 Å². The van der Waals surface area contributed by atoms with Crippen LogP contribution in [0, 0.1) is 0 Å². The zero-order chi connectivity index (χ0) is 24.0. The lowest BCUT2D eigenvalue weighted by atomic mass is 10.2. The molecule has 2 heterocycles. The number of ether oxygens (including phenoxy) is 2. The maximum absolute atomic E-state index is 13.1. The molecule has 4 rings (SSSR count). The standard InChI is InChI=1S/C25H27N3O5S/c1-2-32-24-13-12-22(34(30,31)28-15-4-3-5-16-28)17-23(24)27-25(29)19-8-10-20(11-9-19)33-21-7-6-14-26-18-21/h6-14,17-18H,2-5,15-16H2,1H3,(H,27,29). The fourth-order valence-corrected chi connectivity index (χ4v) is 5.26. The van der Waals surface area contributed by atoms with Crippen LogP contribution in [-0.2, 0) is 10.0 Å². The largest absolute Gasteiger partial charge is 0.492 e. The van der Waals surface area contributed by atoms with E-state index in [4.69, 9.17) is 9.47 Å². The van der Waals surface area contributed by atoms with E-state index >= 15 is 0 Å². The first kappa shape index (κ1) is 23.7. The first-order chi connectivity index (χ1) is 16.5. The van der Waals surface area contributed by atoms with Gasteiger partial charge in [-0.2, -0.15) is 4.31 Å². The van der Waals surface area contributed by atoms with Gasteiger partial charge >= 0.3 is 0 Å². The van der Waals surface area contributed by atoms with E-state index in [1.54, 1.807) is 54.9 Å². The number of carbonyl (C=O) groups excluding carboxylic acids is 1. The van der Waals surface area contributed by atoms with Crippen molar-refractivity contribution in [1.82, 2.24) is 9.29 Å². The number of aromatic nitrogens is 1. The summed E-state index contributed by atoms with van der Waals surface area (Å²) >= 11 is 0. The normalized spacial score (nSPS) is 14.4. The number of amides is 1. The summed E-state index contributed by atoms with van der Waals surface area (Å²) in [6, 6.07) is 14.8. The van der Waals surface area contributed by atoms with Gasteiger partial charge in [0.1, 0.15) is 17.2 Å². The summed E-state index contributed by atoms with van der Waals surface area (Å²) in [5.74, 6) is 1.17. The van der Waals surface area contributed by atoms with Gasteiger partial charge in [0.2, 0.25) is 10.0 Å². The Morgan fingerprint density at radius 2 is 1.79 bits per heavy atom. The Balaban J connectivity index is 1.53. The fraction of sp³-hybridized carbons (Fsp3) is 0.280. The molecule has 34 heavy (non-hydrogen) atoms. The van der Waals surface area contributed by atoms with E-state index in [0.29, 0.717) is 48.2 Å². The second kappa shape index (κ2) is 10.7. The average molecular weight is 482 g/mol. The Labute approximate surface area is 199 Å². The fourth-order valence-electron chi connectivity index (χ4n) is 3.72. The lowest BCUT2D eigenvalue weighted by Gasteiger charge is -2.26.